The van der Waals surface area contributed by atoms with Crippen LogP contribution in [0, 0.1) is 6.92 Å². The number of Topliss-reactive ketones (excluding diaryl/α,β-unsaturated/α-hetero) is 2. The number of hydrogen-bond donors (Lipinski definition) is 0. The van der Waals surface area contributed by atoms with Gasteiger partial charge in [0.15, 0.2) is 11.6 Å². The Morgan fingerprint density at radius 3 is 1.65 bits per heavy atom. The van der Waals surface area contributed by atoms with E-state index in [2.05, 4.69) is 50.4 Å². The summed E-state index contributed by atoms with van der Waals surface area (Å²) in [5.74, 6) is -3.44. The summed E-state index contributed by atoms with van der Waals surface area (Å²) in [6, 6.07) is 25.8. The van der Waals surface area contributed by atoms with Gasteiger partial charge in [-0.25, -0.2) is 4.90 Å². The van der Waals surface area contributed by atoms with E-state index in [0.717, 1.165) is 56.1 Å². The van der Waals surface area contributed by atoms with Crippen LogP contribution in [-0.2, 0) is 10.8 Å². The molecule has 0 aromatic heterocycles. The van der Waals surface area contributed by atoms with Crippen molar-refractivity contribution in [3.05, 3.63) is 194 Å². The second-order valence-corrected chi connectivity index (χ2v) is 18.4. The van der Waals surface area contributed by atoms with E-state index >= 15 is 26.3 Å². The Morgan fingerprint density at radius 2 is 1.14 bits per heavy atom. The van der Waals surface area contributed by atoms with Crippen LogP contribution < -0.4 is 4.90 Å². The molecule has 0 N–H and O–H groups in total. The molecule has 0 atom stereocenters. The Hall–Kier alpha value is -6.82. The first-order valence-corrected chi connectivity index (χ1v) is 21.4. The maximum Gasteiger partial charge on any atom is 0.411 e. The molecular weight excluding hydrogens is 855 g/mol. The lowest BCUT2D eigenvalue weighted by molar-refractivity contribution is -0.288. The van der Waals surface area contributed by atoms with Crippen molar-refractivity contribution in [2.24, 2.45) is 0 Å². The quantitative estimate of drug-likeness (QED) is 0.0881. The predicted molar refractivity (Wildman–Crippen MR) is 242 cm³/mol. The van der Waals surface area contributed by atoms with Crippen LogP contribution in [0.2, 0.25) is 0 Å². The molecule has 0 saturated heterocycles. The zero-order valence-corrected chi connectivity index (χ0v) is 37.4. The molecule has 0 unspecified atom stereocenters. The van der Waals surface area contributed by atoms with Gasteiger partial charge in [0.2, 0.25) is 5.41 Å². The molecule has 0 bridgehead atoms. The van der Waals surface area contributed by atoms with E-state index < -0.39 is 74.4 Å². The van der Waals surface area contributed by atoms with Crippen molar-refractivity contribution in [2.75, 3.05) is 11.9 Å². The van der Waals surface area contributed by atoms with E-state index in [1.807, 2.05) is 62.5 Å². The van der Waals surface area contributed by atoms with Gasteiger partial charge >= 0.3 is 12.4 Å². The zero-order chi connectivity index (χ0) is 48.1. The normalized spacial score (nSPS) is 15.7. The van der Waals surface area contributed by atoms with Gasteiger partial charge < -0.3 is 4.90 Å². The molecular formula is C54H46F6N2O4. The maximum absolute atomic E-state index is 15.4. The molecule has 3 aliphatic rings. The minimum atomic E-state index is -6.08. The Balaban J connectivity index is 1.23. The van der Waals surface area contributed by atoms with Crippen LogP contribution in [0.1, 0.15) is 122 Å². The number of halogens is 6. The highest BCUT2D eigenvalue weighted by Crippen LogP contribution is 2.58. The minimum Gasteiger partial charge on any atom is -0.370 e. The highest BCUT2D eigenvalue weighted by Gasteiger charge is 2.73. The Morgan fingerprint density at radius 1 is 0.636 bits per heavy atom. The molecule has 5 aromatic rings. The number of ketones is 2. The summed E-state index contributed by atoms with van der Waals surface area (Å²) in [5, 5.41) is 0. The number of hydrogen-bond acceptors (Lipinski definition) is 5. The van der Waals surface area contributed by atoms with E-state index in [0.29, 0.717) is 35.4 Å². The number of imide groups is 1. The van der Waals surface area contributed by atoms with Crippen molar-refractivity contribution in [2.45, 2.75) is 83.1 Å². The van der Waals surface area contributed by atoms with Crippen molar-refractivity contribution in [3.8, 4) is 11.1 Å². The molecule has 5 aromatic carbocycles. The molecule has 338 valence electrons. The molecule has 6 nitrogen and oxygen atoms in total. The zero-order valence-electron chi connectivity index (χ0n) is 37.4. The topological polar surface area (TPSA) is 74.8 Å². The smallest absolute Gasteiger partial charge is 0.370 e. The summed E-state index contributed by atoms with van der Waals surface area (Å²) in [4.78, 5) is 56.8. The molecule has 8 rings (SSSR count). The SMILES string of the molecule is C=C(/C=C\C(=C(C)C)N1C(=O)c2ccc(C(c3ccc4c(c3)C(=O)CCC4=O)(C(F)(F)F)C(F)(F)F)cc2C1=O)C1(c2ccc(N(C)C(C)(C)C)c(C)c2)c2ccccc2-c2ccccc21. The molecule has 12 heteroatoms. The van der Waals surface area contributed by atoms with Crippen LogP contribution in [0.25, 0.3) is 11.1 Å². The first kappa shape index (κ1) is 45.7. The number of allylic oxidation sites excluding steroid dienone is 4. The number of benzene rings is 5. The largest absolute Gasteiger partial charge is 0.411 e. The standard InChI is InChI=1S/C54H46F6N2O4/c1-30(2)44(23-17-32(4)51(33-20-24-45(31(3)27-33)61(8)50(5,6)7)42-15-11-9-13-36(42)37-14-10-12-16-43(37)51)62-48(65)39-22-19-35(29-41(39)49(62)66)52(53(55,56)57,54(58,59)60)34-18-21-38-40(28-34)47(64)26-25-46(38)63/h9-24,27-29H,4,25-26H2,1-3,5-8H3/b23-17-. The summed E-state index contributed by atoms with van der Waals surface area (Å²) in [6.45, 7) is 16.3. The fraction of sp³-hybridized carbons (Fsp3) is 0.259. The highest BCUT2D eigenvalue weighted by molar-refractivity contribution is 6.23. The number of alkyl halides is 6. The first-order valence-electron chi connectivity index (χ1n) is 21.4. The molecule has 2 amide bonds. The van der Waals surface area contributed by atoms with Gasteiger partial charge in [-0.15, -0.1) is 0 Å². The fourth-order valence-corrected chi connectivity index (χ4v) is 9.90. The van der Waals surface area contributed by atoms with Gasteiger partial charge in [-0.1, -0.05) is 97.1 Å². The van der Waals surface area contributed by atoms with Gasteiger partial charge in [-0.3, -0.25) is 19.2 Å². The molecule has 0 saturated carbocycles. The van der Waals surface area contributed by atoms with E-state index in [9.17, 15) is 19.2 Å². The lowest BCUT2D eigenvalue weighted by Gasteiger charge is -2.38. The number of carbonyl (C=O) groups is 4. The van der Waals surface area contributed by atoms with Gasteiger partial charge in [0.1, 0.15) is 0 Å². The van der Waals surface area contributed by atoms with Crippen molar-refractivity contribution < 1.29 is 45.5 Å². The first-order chi connectivity index (χ1) is 30.9. The highest BCUT2D eigenvalue weighted by atomic mass is 19.4. The van der Waals surface area contributed by atoms with Crippen molar-refractivity contribution in [1.29, 1.82) is 0 Å². The summed E-state index contributed by atoms with van der Waals surface area (Å²) >= 11 is 0. The van der Waals surface area contributed by atoms with Crippen LogP contribution in [0.15, 0.2) is 139 Å². The summed E-state index contributed by atoms with van der Waals surface area (Å²) in [6.07, 6.45) is -9.53. The van der Waals surface area contributed by atoms with E-state index in [1.54, 1.807) is 19.9 Å². The van der Waals surface area contributed by atoms with Gasteiger partial charge in [0.05, 0.1) is 22.2 Å². The Kier molecular flexibility index (Phi) is 10.9. The molecule has 1 heterocycles. The Bertz CT molecular complexity index is 2940. The van der Waals surface area contributed by atoms with Crippen LogP contribution in [0.4, 0.5) is 32.0 Å². The molecule has 0 fully saturated rings. The summed E-state index contributed by atoms with van der Waals surface area (Å²) < 4.78 is 92.3. The third-order valence-electron chi connectivity index (χ3n) is 13.4. The number of fused-ring (bicyclic) bond motifs is 5. The Labute approximate surface area is 378 Å². The lowest BCUT2D eigenvalue weighted by atomic mass is 9.67. The average Bonchev–Trinajstić information content (AvgIpc) is 3.68. The van der Waals surface area contributed by atoms with Gasteiger partial charge in [0.25, 0.3) is 11.8 Å². The van der Waals surface area contributed by atoms with Gasteiger partial charge in [0, 0.05) is 42.2 Å². The van der Waals surface area contributed by atoms with Gasteiger partial charge in [-0.05, 0) is 122 Å². The number of nitrogens with zero attached hydrogens (tertiary/aromatic N) is 2. The molecule has 2 aliphatic carbocycles. The van der Waals surface area contributed by atoms with Crippen LogP contribution in [-0.4, -0.2) is 53.2 Å². The van der Waals surface area contributed by atoms with Crippen LogP contribution >= 0.6 is 0 Å². The molecule has 1 aliphatic heterocycles. The monoisotopic (exact) mass is 900 g/mol. The predicted octanol–water partition coefficient (Wildman–Crippen LogP) is 12.8. The van der Waals surface area contributed by atoms with Gasteiger partial charge in [-0.2, -0.15) is 26.3 Å². The minimum absolute atomic E-state index is 0.0488. The lowest BCUT2D eigenvalue weighted by Crippen LogP contribution is -2.55. The summed E-state index contributed by atoms with van der Waals surface area (Å²) in [7, 11) is 2.03. The second kappa shape index (κ2) is 15.7. The number of anilines is 1. The summed E-state index contributed by atoms with van der Waals surface area (Å²) in [5.41, 5.74) is -2.73. The number of rotatable bonds is 8. The van der Waals surface area contributed by atoms with Crippen molar-refractivity contribution in [3.63, 3.8) is 0 Å². The number of aryl methyl sites for hydroxylation is 1. The second-order valence-electron chi connectivity index (χ2n) is 18.4. The third-order valence-corrected chi connectivity index (χ3v) is 13.4. The number of amides is 2. The molecule has 0 radical (unpaired) electrons. The van der Waals surface area contributed by atoms with E-state index in [4.69, 9.17) is 0 Å². The maximum atomic E-state index is 15.4. The van der Waals surface area contributed by atoms with Crippen LogP contribution in [0.5, 0.6) is 0 Å². The van der Waals surface area contributed by atoms with E-state index in [1.165, 1.54) is 6.08 Å². The molecule has 66 heavy (non-hydrogen) atoms. The number of carbonyl (C=O) groups excluding carboxylic acids is 4. The van der Waals surface area contributed by atoms with Crippen molar-refractivity contribution >= 4 is 29.1 Å². The molecule has 0 spiro atoms. The van der Waals surface area contributed by atoms with Crippen molar-refractivity contribution in [1.82, 2.24) is 4.90 Å². The van der Waals surface area contributed by atoms with E-state index in [-0.39, 0.29) is 29.6 Å². The fourth-order valence-electron chi connectivity index (χ4n) is 9.90. The third kappa shape index (κ3) is 6.70. The average molecular weight is 901 g/mol. The van der Waals surface area contributed by atoms with Crippen LogP contribution in [0.3, 0.4) is 0 Å².